The van der Waals surface area contributed by atoms with Crippen LogP contribution in [-0.2, 0) is 29.1 Å². The molecule has 3 aromatic rings. The third-order valence-electron chi connectivity index (χ3n) is 7.64. The summed E-state index contributed by atoms with van der Waals surface area (Å²) in [7, 11) is 1.61. The quantitative estimate of drug-likeness (QED) is 0.233. The van der Waals surface area contributed by atoms with Crippen molar-refractivity contribution in [2.24, 2.45) is 11.7 Å². The van der Waals surface area contributed by atoms with E-state index in [1.807, 2.05) is 80.6 Å². The van der Waals surface area contributed by atoms with E-state index in [0.717, 1.165) is 33.5 Å². The number of carbonyl (C=O) groups is 3. The first-order chi connectivity index (χ1) is 20.7. The van der Waals surface area contributed by atoms with Gasteiger partial charge in [0.2, 0.25) is 11.8 Å². The summed E-state index contributed by atoms with van der Waals surface area (Å²) in [4.78, 5) is 40.4. The molecule has 0 spiro atoms. The number of urea groups is 1. The molecule has 3 aromatic carbocycles. The van der Waals surface area contributed by atoms with Gasteiger partial charge in [0.25, 0.3) is 0 Å². The second kappa shape index (κ2) is 14.7. The minimum atomic E-state index is -0.705. The van der Waals surface area contributed by atoms with Crippen molar-refractivity contribution in [1.29, 1.82) is 0 Å². The zero-order valence-corrected chi connectivity index (χ0v) is 24.9. The summed E-state index contributed by atoms with van der Waals surface area (Å²) in [6.07, 6.45) is 1.05. The molecule has 0 aliphatic carbocycles. The number of ether oxygens (including phenoxy) is 1. The van der Waals surface area contributed by atoms with Crippen LogP contribution in [0.25, 0.3) is 11.1 Å². The van der Waals surface area contributed by atoms with Crippen LogP contribution in [0.4, 0.5) is 10.5 Å². The second-order valence-electron chi connectivity index (χ2n) is 11.0. The fourth-order valence-electron chi connectivity index (χ4n) is 5.09. The van der Waals surface area contributed by atoms with Gasteiger partial charge in [-0.15, -0.1) is 0 Å². The van der Waals surface area contributed by atoms with Crippen LogP contribution >= 0.6 is 0 Å². The number of nitrogens with one attached hydrogen (secondary N) is 3. The second-order valence-corrected chi connectivity index (χ2v) is 11.0. The van der Waals surface area contributed by atoms with Crippen LogP contribution in [0.2, 0.25) is 0 Å². The van der Waals surface area contributed by atoms with E-state index >= 15 is 0 Å². The van der Waals surface area contributed by atoms with Crippen molar-refractivity contribution < 1.29 is 24.2 Å². The summed E-state index contributed by atoms with van der Waals surface area (Å²) in [6.45, 7) is 4.46. The fourth-order valence-corrected chi connectivity index (χ4v) is 5.09. The lowest BCUT2D eigenvalue weighted by atomic mass is 9.98. The first-order valence-corrected chi connectivity index (χ1v) is 14.6. The smallest absolute Gasteiger partial charge is 0.315 e. The van der Waals surface area contributed by atoms with Gasteiger partial charge in [-0.1, -0.05) is 62.4 Å². The molecule has 0 radical (unpaired) electrons. The molecule has 1 heterocycles. The lowest BCUT2D eigenvalue weighted by Crippen LogP contribution is -2.53. The molecule has 1 unspecified atom stereocenters. The molecule has 0 fully saturated rings. The van der Waals surface area contributed by atoms with Crippen molar-refractivity contribution in [2.75, 3.05) is 25.2 Å². The van der Waals surface area contributed by atoms with Crippen molar-refractivity contribution in [3.8, 4) is 16.9 Å². The predicted molar refractivity (Wildman–Crippen MR) is 166 cm³/mol. The number of aryl methyl sites for hydroxylation is 1. The summed E-state index contributed by atoms with van der Waals surface area (Å²) >= 11 is 0. The van der Waals surface area contributed by atoms with Crippen LogP contribution in [0.5, 0.6) is 5.75 Å². The Morgan fingerprint density at radius 3 is 2.51 bits per heavy atom. The zero-order chi connectivity index (χ0) is 30.9. The van der Waals surface area contributed by atoms with E-state index in [2.05, 4.69) is 16.0 Å². The molecular weight excluding hydrogens is 546 g/mol. The number of benzene rings is 3. The number of nitrogens with zero attached hydrogens (tertiary/aromatic N) is 1. The maximum Gasteiger partial charge on any atom is 0.315 e. The van der Waals surface area contributed by atoms with Crippen LogP contribution in [0, 0.1) is 5.92 Å². The number of methoxy groups -OCH3 is 1. The third-order valence-corrected chi connectivity index (χ3v) is 7.64. The Hall–Kier alpha value is -4.41. The highest BCUT2D eigenvalue weighted by atomic mass is 16.5. The first kappa shape index (κ1) is 31.5. The summed E-state index contributed by atoms with van der Waals surface area (Å²) in [5.41, 5.74) is 11.6. The van der Waals surface area contributed by atoms with E-state index in [-0.39, 0.29) is 36.9 Å². The van der Waals surface area contributed by atoms with Gasteiger partial charge in [-0.2, -0.15) is 0 Å². The third kappa shape index (κ3) is 7.91. The van der Waals surface area contributed by atoms with Gasteiger partial charge in [0.05, 0.1) is 26.3 Å². The number of hydrogen-bond acceptors (Lipinski definition) is 6. The maximum absolute atomic E-state index is 13.9. The van der Waals surface area contributed by atoms with Gasteiger partial charge in [-0.3, -0.25) is 9.59 Å². The number of aliphatic hydroxyl groups is 1. The Bertz CT molecular complexity index is 1430. The van der Waals surface area contributed by atoms with Gasteiger partial charge in [-0.25, -0.2) is 4.79 Å². The van der Waals surface area contributed by atoms with Crippen molar-refractivity contribution in [3.05, 3.63) is 83.4 Å². The van der Waals surface area contributed by atoms with Crippen molar-refractivity contribution in [2.45, 2.75) is 51.9 Å². The van der Waals surface area contributed by atoms with E-state index < -0.39 is 12.1 Å². The molecule has 43 heavy (non-hydrogen) atoms. The highest BCUT2D eigenvalue weighted by molar-refractivity contribution is 6.01. The largest absolute Gasteiger partial charge is 0.497 e. The summed E-state index contributed by atoms with van der Waals surface area (Å²) < 4.78 is 5.44. The number of hydrogen-bond donors (Lipinski definition) is 5. The summed E-state index contributed by atoms with van der Waals surface area (Å²) in [5.74, 6) is 0.133. The van der Waals surface area contributed by atoms with Gasteiger partial charge in [0, 0.05) is 18.8 Å². The molecule has 228 valence electrons. The van der Waals surface area contributed by atoms with Crippen LogP contribution < -0.4 is 31.3 Å². The number of carbonyl (C=O) groups excluding carboxylic acids is 3. The average Bonchev–Trinajstić information content (AvgIpc) is 3.14. The Labute approximate surface area is 252 Å². The molecule has 1 aliphatic rings. The molecule has 10 heteroatoms. The number of amides is 4. The minimum absolute atomic E-state index is 0.0544. The van der Waals surface area contributed by atoms with Gasteiger partial charge in [0.1, 0.15) is 11.8 Å². The molecule has 0 saturated heterocycles. The molecule has 4 rings (SSSR count). The lowest BCUT2D eigenvalue weighted by Gasteiger charge is -2.27. The fraction of sp³-hybridized carbons (Fsp3) is 0.364. The average molecular weight is 588 g/mol. The number of nitrogens with two attached hydrogens (primary N) is 1. The minimum Gasteiger partial charge on any atom is -0.497 e. The molecule has 0 bridgehead atoms. The predicted octanol–water partition coefficient (Wildman–Crippen LogP) is 3.10. The monoisotopic (exact) mass is 587 g/mol. The van der Waals surface area contributed by atoms with Crippen molar-refractivity contribution in [1.82, 2.24) is 16.0 Å². The molecule has 0 aromatic heterocycles. The standard InChI is InChI=1S/C33H41N5O5/c1-21(2)30(34)31(40)37-28-14-12-24-18-26(43-3)13-15-29(24)38(32(28)41)20-22-8-10-23(11-9-22)27-7-5-4-6-25(27)19-36-33(42)35-16-17-39/h4-11,13,15,18,21,28,30,39H,12,14,16-17,19-20,34H2,1-3H3,(H,37,40)(H2,35,36,42)/t28-,30?/m1/s1. The highest BCUT2D eigenvalue weighted by Gasteiger charge is 2.33. The van der Waals surface area contributed by atoms with Crippen molar-refractivity contribution >= 4 is 23.5 Å². The van der Waals surface area contributed by atoms with Gasteiger partial charge in [0.15, 0.2) is 0 Å². The van der Waals surface area contributed by atoms with Gasteiger partial charge < -0.3 is 36.4 Å². The first-order valence-electron chi connectivity index (χ1n) is 14.6. The Balaban J connectivity index is 1.56. The number of fused-ring (bicyclic) bond motifs is 1. The van der Waals surface area contributed by atoms with Gasteiger partial charge >= 0.3 is 6.03 Å². The Kier molecular flexibility index (Phi) is 10.7. The topological polar surface area (TPSA) is 146 Å². The number of aliphatic hydroxyl groups excluding tert-OH is 1. The van der Waals surface area contributed by atoms with Crippen LogP contribution in [0.15, 0.2) is 66.7 Å². The van der Waals surface area contributed by atoms with Gasteiger partial charge in [-0.05, 0) is 64.8 Å². The van der Waals surface area contributed by atoms with Crippen LogP contribution in [0.3, 0.4) is 0 Å². The highest BCUT2D eigenvalue weighted by Crippen LogP contribution is 2.32. The van der Waals surface area contributed by atoms with E-state index in [0.29, 0.717) is 31.7 Å². The normalized spacial score (nSPS) is 15.3. The Morgan fingerprint density at radius 1 is 1.07 bits per heavy atom. The molecule has 4 amide bonds. The Morgan fingerprint density at radius 2 is 1.81 bits per heavy atom. The maximum atomic E-state index is 13.9. The van der Waals surface area contributed by atoms with Crippen molar-refractivity contribution in [3.63, 3.8) is 0 Å². The van der Waals surface area contributed by atoms with E-state index in [1.165, 1.54) is 0 Å². The molecule has 6 N–H and O–H groups in total. The zero-order valence-electron chi connectivity index (χ0n) is 24.9. The molecular formula is C33H41N5O5. The molecule has 2 atom stereocenters. The summed E-state index contributed by atoms with van der Waals surface area (Å²) in [5, 5.41) is 17.2. The van der Waals surface area contributed by atoms with E-state index in [1.54, 1.807) is 12.0 Å². The summed E-state index contributed by atoms with van der Waals surface area (Å²) in [6, 6.07) is 19.7. The van der Waals surface area contributed by atoms with E-state index in [4.69, 9.17) is 15.6 Å². The van der Waals surface area contributed by atoms with Crippen LogP contribution in [0.1, 0.15) is 37.0 Å². The molecule has 10 nitrogen and oxygen atoms in total. The molecule has 0 saturated carbocycles. The number of anilines is 1. The number of rotatable bonds is 11. The van der Waals surface area contributed by atoms with Crippen LogP contribution in [-0.4, -0.2) is 55.3 Å². The molecule has 1 aliphatic heterocycles. The van der Waals surface area contributed by atoms with E-state index in [9.17, 15) is 14.4 Å². The lowest BCUT2D eigenvalue weighted by molar-refractivity contribution is -0.129. The SMILES string of the molecule is COc1ccc2c(c1)CC[C@@H](NC(=O)C(N)C(C)C)C(=O)N2Cc1ccc(-c2ccccc2CNC(=O)NCCO)cc1.